The van der Waals surface area contributed by atoms with E-state index in [0.29, 0.717) is 23.2 Å². The minimum Gasteiger partial charge on any atom is -0.340 e. The second-order valence-corrected chi connectivity index (χ2v) is 8.01. The summed E-state index contributed by atoms with van der Waals surface area (Å²) in [4.78, 5) is 50.9. The van der Waals surface area contributed by atoms with Gasteiger partial charge in [-0.1, -0.05) is 68.8 Å². The largest absolute Gasteiger partial charge is 0.340 e. The van der Waals surface area contributed by atoms with Crippen molar-refractivity contribution in [1.29, 1.82) is 0 Å². The summed E-state index contributed by atoms with van der Waals surface area (Å²) in [5.41, 5.74) is 6.15. The van der Waals surface area contributed by atoms with Crippen molar-refractivity contribution < 1.29 is 19.2 Å². The molecule has 4 amide bonds. The lowest BCUT2D eigenvalue weighted by Gasteiger charge is -2.24. The van der Waals surface area contributed by atoms with Crippen LogP contribution >= 0.6 is 0 Å². The molecule has 3 rings (SSSR count). The predicted octanol–water partition coefficient (Wildman–Crippen LogP) is 3.54. The number of amides is 4. The van der Waals surface area contributed by atoms with Crippen molar-refractivity contribution in [3.8, 4) is 0 Å². The first-order valence-corrected chi connectivity index (χ1v) is 11.3. The third kappa shape index (κ3) is 6.77. The Labute approximate surface area is 204 Å². The summed E-state index contributed by atoms with van der Waals surface area (Å²) in [6.45, 7) is 3.72. The zero-order valence-electron chi connectivity index (χ0n) is 19.6. The van der Waals surface area contributed by atoms with Crippen molar-refractivity contribution in [3.63, 3.8) is 0 Å². The molecule has 0 radical (unpaired) electrons. The molecular weight excluding hydrogens is 444 g/mol. The van der Waals surface area contributed by atoms with Crippen LogP contribution in [0.4, 0.5) is 5.69 Å². The maximum atomic E-state index is 13.1. The van der Waals surface area contributed by atoms with Crippen LogP contribution in [0.1, 0.15) is 51.3 Å². The first-order chi connectivity index (χ1) is 16.9. The van der Waals surface area contributed by atoms with Crippen molar-refractivity contribution in [1.82, 2.24) is 16.2 Å². The molecule has 2 unspecified atom stereocenters. The lowest BCUT2D eigenvalue weighted by Crippen LogP contribution is -2.54. The molecule has 2 atom stereocenters. The number of carbonyl (C=O) groups excluding carboxylic acids is 4. The summed E-state index contributed by atoms with van der Waals surface area (Å²) in [7, 11) is 0. The molecule has 8 nitrogen and oxygen atoms in total. The van der Waals surface area contributed by atoms with Crippen LogP contribution in [0.2, 0.25) is 0 Å². The minimum atomic E-state index is -0.915. The van der Waals surface area contributed by atoms with E-state index in [1.54, 1.807) is 84.9 Å². The zero-order chi connectivity index (χ0) is 25.2. The van der Waals surface area contributed by atoms with Gasteiger partial charge in [0.1, 0.15) is 6.04 Å². The molecule has 180 valence electrons. The Morgan fingerprint density at radius 2 is 1.23 bits per heavy atom. The quantitative estimate of drug-likeness (QED) is 0.375. The van der Waals surface area contributed by atoms with Crippen molar-refractivity contribution in [2.45, 2.75) is 26.3 Å². The van der Waals surface area contributed by atoms with E-state index in [4.69, 9.17) is 0 Å². The van der Waals surface area contributed by atoms with E-state index in [0.717, 1.165) is 0 Å². The Balaban J connectivity index is 1.71. The van der Waals surface area contributed by atoms with Gasteiger partial charge < -0.3 is 10.6 Å². The molecule has 8 heteroatoms. The Hall–Kier alpha value is -4.46. The van der Waals surface area contributed by atoms with Gasteiger partial charge >= 0.3 is 0 Å². The molecule has 0 bridgehead atoms. The van der Waals surface area contributed by atoms with Crippen LogP contribution < -0.4 is 21.5 Å². The number of para-hydroxylation sites is 1. The maximum absolute atomic E-state index is 13.1. The van der Waals surface area contributed by atoms with Gasteiger partial charge in [0.15, 0.2) is 0 Å². The normalized spacial score (nSPS) is 12.1. The van der Waals surface area contributed by atoms with Gasteiger partial charge in [-0.05, 0) is 42.3 Å². The SMILES string of the molecule is CCC(C)C(NC(=O)c1ccccc1NC(=O)c1ccccc1)C(=O)NNC(=O)c1ccccc1. The Kier molecular flexibility index (Phi) is 8.72. The highest BCUT2D eigenvalue weighted by molar-refractivity contribution is 6.09. The van der Waals surface area contributed by atoms with Gasteiger partial charge in [-0.2, -0.15) is 0 Å². The second-order valence-electron chi connectivity index (χ2n) is 8.01. The third-order valence-corrected chi connectivity index (χ3v) is 5.57. The standard InChI is InChI=1S/C27H28N4O4/c1-3-18(2)23(27(35)31-30-25(33)20-14-8-5-9-15-20)29-26(34)21-16-10-11-17-22(21)28-24(32)19-12-6-4-7-13-19/h4-18,23H,3H2,1-2H3,(H,28,32)(H,29,34)(H,30,33)(H,31,35). The van der Waals surface area contributed by atoms with Gasteiger partial charge in [-0.3, -0.25) is 30.0 Å². The zero-order valence-corrected chi connectivity index (χ0v) is 19.6. The fraction of sp³-hybridized carbons (Fsp3) is 0.185. The van der Waals surface area contributed by atoms with E-state index in [-0.39, 0.29) is 17.4 Å². The lowest BCUT2D eigenvalue weighted by atomic mass is 9.98. The molecule has 0 saturated carbocycles. The smallest absolute Gasteiger partial charge is 0.269 e. The lowest BCUT2D eigenvalue weighted by molar-refractivity contribution is -0.124. The van der Waals surface area contributed by atoms with Gasteiger partial charge in [0.2, 0.25) is 0 Å². The summed E-state index contributed by atoms with van der Waals surface area (Å²) in [6.07, 6.45) is 0.609. The number of carbonyl (C=O) groups is 4. The van der Waals surface area contributed by atoms with E-state index < -0.39 is 23.8 Å². The second kappa shape index (κ2) is 12.1. The van der Waals surface area contributed by atoms with E-state index >= 15 is 0 Å². The van der Waals surface area contributed by atoms with E-state index in [1.807, 2.05) is 13.8 Å². The average molecular weight is 473 g/mol. The molecular formula is C27H28N4O4. The number of nitrogens with one attached hydrogen (secondary N) is 4. The first-order valence-electron chi connectivity index (χ1n) is 11.3. The Bertz CT molecular complexity index is 1180. The molecule has 4 N–H and O–H groups in total. The summed E-state index contributed by atoms with van der Waals surface area (Å²) in [6, 6.07) is 22.8. The summed E-state index contributed by atoms with van der Waals surface area (Å²) in [5, 5.41) is 5.50. The number of anilines is 1. The number of benzene rings is 3. The minimum absolute atomic E-state index is 0.214. The van der Waals surface area contributed by atoms with Crippen molar-refractivity contribution in [2.75, 3.05) is 5.32 Å². The molecule has 3 aromatic rings. The molecule has 0 aromatic heterocycles. The van der Waals surface area contributed by atoms with Crippen LogP contribution in [0.3, 0.4) is 0 Å². The fourth-order valence-corrected chi connectivity index (χ4v) is 3.35. The van der Waals surface area contributed by atoms with Gasteiger partial charge in [0, 0.05) is 11.1 Å². The molecule has 0 saturated heterocycles. The topological polar surface area (TPSA) is 116 Å². The van der Waals surface area contributed by atoms with Crippen molar-refractivity contribution in [3.05, 3.63) is 102 Å². The Morgan fingerprint density at radius 1 is 0.686 bits per heavy atom. The summed E-state index contributed by atoms with van der Waals surface area (Å²) >= 11 is 0. The molecule has 0 aliphatic carbocycles. The van der Waals surface area contributed by atoms with Crippen molar-refractivity contribution >= 4 is 29.3 Å². The number of hydrogen-bond donors (Lipinski definition) is 4. The molecule has 0 fully saturated rings. The van der Waals surface area contributed by atoms with Crippen molar-refractivity contribution in [2.24, 2.45) is 5.92 Å². The fourth-order valence-electron chi connectivity index (χ4n) is 3.35. The Morgan fingerprint density at radius 3 is 1.83 bits per heavy atom. The first kappa shape index (κ1) is 25.2. The highest BCUT2D eigenvalue weighted by Gasteiger charge is 2.27. The third-order valence-electron chi connectivity index (χ3n) is 5.57. The number of hydrogen-bond acceptors (Lipinski definition) is 4. The molecule has 0 aliphatic rings. The van der Waals surface area contributed by atoms with Gasteiger partial charge in [-0.15, -0.1) is 0 Å². The molecule has 3 aromatic carbocycles. The van der Waals surface area contributed by atoms with Gasteiger partial charge in [-0.25, -0.2) is 0 Å². The van der Waals surface area contributed by atoms with Crippen LogP contribution in [-0.4, -0.2) is 29.7 Å². The molecule has 0 aliphatic heterocycles. The predicted molar refractivity (Wildman–Crippen MR) is 134 cm³/mol. The van der Waals surface area contributed by atoms with Crippen LogP contribution in [0.5, 0.6) is 0 Å². The maximum Gasteiger partial charge on any atom is 0.269 e. The van der Waals surface area contributed by atoms with E-state index in [2.05, 4.69) is 21.5 Å². The highest BCUT2D eigenvalue weighted by Crippen LogP contribution is 2.18. The number of rotatable bonds is 8. The van der Waals surface area contributed by atoms with Crippen LogP contribution in [0.15, 0.2) is 84.9 Å². The van der Waals surface area contributed by atoms with E-state index in [1.165, 1.54) is 0 Å². The molecule has 0 spiro atoms. The highest BCUT2D eigenvalue weighted by atomic mass is 16.2. The molecule has 0 heterocycles. The van der Waals surface area contributed by atoms with Crippen LogP contribution in [-0.2, 0) is 4.79 Å². The van der Waals surface area contributed by atoms with Gasteiger partial charge in [0.05, 0.1) is 11.3 Å². The van der Waals surface area contributed by atoms with Crippen LogP contribution in [0, 0.1) is 5.92 Å². The monoisotopic (exact) mass is 472 g/mol. The molecule has 35 heavy (non-hydrogen) atoms. The van der Waals surface area contributed by atoms with E-state index in [9.17, 15) is 19.2 Å². The summed E-state index contributed by atoms with van der Waals surface area (Å²) < 4.78 is 0. The summed E-state index contributed by atoms with van der Waals surface area (Å²) in [5.74, 6) is -2.13. The van der Waals surface area contributed by atoms with Crippen LogP contribution in [0.25, 0.3) is 0 Å². The number of hydrazine groups is 1. The average Bonchev–Trinajstić information content (AvgIpc) is 2.90. The van der Waals surface area contributed by atoms with Gasteiger partial charge in [0.25, 0.3) is 23.6 Å².